The van der Waals surface area contributed by atoms with Crippen LogP contribution in [0.15, 0.2) is 48.7 Å². The molecule has 0 atom stereocenters. The molecule has 23 heavy (non-hydrogen) atoms. The maximum Gasteiger partial charge on any atom is 0.118 e. The Hall–Kier alpha value is -2.26. The SMILES string of the molecule is Cc1ccc2[nH]cc(CCNCCCc3ccccc3O)c2c1. The highest BCUT2D eigenvalue weighted by Gasteiger charge is 2.03. The molecule has 0 radical (unpaired) electrons. The summed E-state index contributed by atoms with van der Waals surface area (Å²) in [6.07, 6.45) is 5.09. The second-order valence-corrected chi connectivity index (χ2v) is 6.10. The number of hydrogen-bond acceptors (Lipinski definition) is 2. The summed E-state index contributed by atoms with van der Waals surface area (Å²) >= 11 is 0. The summed E-state index contributed by atoms with van der Waals surface area (Å²) in [6, 6.07) is 14.1. The number of benzene rings is 2. The molecule has 0 aliphatic rings. The topological polar surface area (TPSA) is 48.0 Å². The molecule has 0 aliphatic heterocycles. The fourth-order valence-corrected chi connectivity index (χ4v) is 2.97. The van der Waals surface area contributed by atoms with Gasteiger partial charge in [0.15, 0.2) is 0 Å². The van der Waals surface area contributed by atoms with Gasteiger partial charge in [0.2, 0.25) is 0 Å². The van der Waals surface area contributed by atoms with Crippen molar-refractivity contribution < 1.29 is 5.11 Å². The molecule has 3 heteroatoms. The van der Waals surface area contributed by atoms with Gasteiger partial charge in [0, 0.05) is 17.1 Å². The van der Waals surface area contributed by atoms with E-state index in [1.165, 1.54) is 22.0 Å². The predicted octanol–water partition coefficient (Wildman–Crippen LogP) is 3.95. The third kappa shape index (κ3) is 3.93. The second-order valence-electron chi connectivity index (χ2n) is 6.10. The molecule has 0 amide bonds. The average Bonchev–Trinajstić information content (AvgIpc) is 2.94. The number of phenolic OH excluding ortho intramolecular Hbond substituents is 1. The second kappa shape index (κ2) is 7.34. The van der Waals surface area contributed by atoms with E-state index in [0.717, 1.165) is 37.9 Å². The summed E-state index contributed by atoms with van der Waals surface area (Å²) in [5.74, 6) is 0.404. The summed E-state index contributed by atoms with van der Waals surface area (Å²) in [5, 5.41) is 14.6. The molecule has 0 fully saturated rings. The lowest BCUT2D eigenvalue weighted by Crippen LogP contribution is -2.18. The van der Waals surface area contributed by atoms with E-state index < -0.39 is 0 Å². The summed E-state index contributed by atoms with van der Waals surface area (Å²) in [5.41, 5.74) is 4.91. The standard InChI is InChI=1S/C20H24N2O/c1-15-8-9-19-18(13-15)17(14-22-19)10-12-21-11-4-6-16-5-2-3-7-20(16)23/h2-3,5,7-9,13-14,21-23H,4,6,10-12H2,1H3. The fourth-order valence-electron chi connectivity index (χ4n) is 2.97. The van der Waals surface area contributed by atoms with Crippen LogP contribution in [-0.2, 0) is 12.8 Å². The molecule has 3 aromatic rings. The molecule has 0 spiro atoms. The van der Waals surface area contributed by atoms with Crippen LogP contribution in [-0.4, -0.2) is 23.2 Å². The summed E-state index contributed by atoms with van der Waals surface area (Å²) in [7, 11) is 0. The van der Waals surface area contributed by atoms with Crippen molar-refractivity contribution in [2.24, 2.45) is 0 Å². The molecule has 0 saturated carbocycles. The Morgan fingerprint density at radius 1 is 1.00 bits per heavy atom. The molecule has 3 N–H and O–H groups in total. The predicted molar refractivity (Wildman–Crippen MR) is 96.0 cm³/mol. The third-order valence-corrected chi connectivity index (χ3v) is 4.29. The van der Waals surface area contributed by atoms with Gasteiger partial charge in [0.1, 0.15) is 5.75 Å². The molecular formula is C20H24N2O. The molecule has 0 aliphatic carbocycles. The van der Waals surface area contributed by atoms with Crippen molar-refractivity contribution in [3.8, 4) is 5.75 Å². The highest BCUT2D eigenvalue weighted by atomic mass is 16.3. The number of rotatable bonds is 7. The number of phenols is 1. The average molecular weight is 308 g/mol. The molecule has 1 heterocycles. The largest absolute Gasteiger partial charge is 0.508 e. The Balaban J connectivity index is 1.43. The Labute approximate surface area is 137 Å². The van der Waals surface area contributed by atoms with Crippen LogP contribution in [0.25, 0.3) is 10.9 Å². The number of aryl methyl sites for hydroxylation is 2. The number of aromatic hydroxyl groups is 1. The van der Waals surface area contributed by atoms with Gasteiger partial charge in [-0.05, 0) is 68.6 Å². The molecule has 0 unspecified atom stereocenters. The molecule has 2 aromatic carbocycles. The van der Waals surface area contributed by atoms with E-state index in [2.05, 4.69) is 41.6 Å². The molecule has 1 aromatic heterocycles. The fraction of sp³-hybridized carbons (Fsp3) is 0.300. The zero-order chi connectivity index (χ0) is 16.1. The van der Waals surface area contributed by atoms with E-state index in [4.69, 9.17) is 0 Å². The van der Waals surface area contributed by atoms with E-state index in [-0.39, 0.29) is 0 Å². The minimum atomic E-state index is 0.404. The van der Waals surface area contributed by atoms with E-state index in [0.29, 0.717) is 5.75 Å². The number of fused-ring (bicyclic) bond motifs is 1. The molecular weight excluding hydrogens is 284 g/mol. The van der Waals surface area contributed by atoms with E-state index >= 15 is 0 Å². The van der Waals surface area contributed by atoms with Crippen LogP contribution < -0.4 is 5.32 Å². The Morgan fingerprint density at radius 3 is 2.74 bits per heavy atom. The van der Waals surface area contributed by atoms with Crippen LogP contribution in [0.5, 0.6) is 5.75 Å². The summed E-state index contributed by atoms with van der Waals surface area (Å²) < 4.78 is 0. The van der Waals surface area contributed by atoms with Gasteiger partial charge in [-0.2, -0.15) is 0 Å². The van der Waals surface area contributed by atoms with Crippen LogP contribution >= 0.6 is 0 Å². The minimum absolute atomic E-state index is 0.404. The van der Waals surface area contributed by atoms with Crippen molar-refractivity contribution in [2.45, 2.75) is 26.2 Å². The Morgan fingerprint density at radius 2 is 1.87 bits per heavy atom. The van der Waals surface area contributed by atoms with Gasteiger partial charge in [0.25, 0.3) is 0 Å². The Bertz CT molecular complexity index is 776. The lowest BCUT2D eigenvalue weighted by atomic mass is 10.1. The van der Waals surface area contributed by atoms with Crippen molar-refractivity contribution in [3.63, 3.8) is 0 Å². The van der Waals surface area contributed by atoms with Gasteiger partial charge in [-0.15, -0.1) is 0 Å². The van der Waals surface area contributed by atoms with Gasteiger partial charge in [-0.3, -0.25) is 0 Å². The third-order valence-electron chi connectivity index (χ3n) is 4.29. The number of aromatic nitrogens is 1. The number of para-hydroxylation sites is 1. The lowest BCUT2D eigenvalue weighted by molar-refractivity contribution is 0.466. The molecule has 3 nitrogen and oxygen atoms in total. The van der Waals surface area contributed by atoms with Crippen molar-refractivity contribution in [1.82, 2.24) is 10.3 Å². The normalized spacial score (nSPS) is 11.2. The van der Waals surface area contributed by atoms with Crippen molar-refractivity contribution in [3.05, 3.63) is 65.4 Å². The zero-order valence-electron chi connectivity index (χ0n) is 13.6. The first-order chi connectivity index (χ1) is 11.2. The number of H-pyrrole nitrogens is 1. The van der Waals surface area contributed by atoms with Crippen molar-refractivity contribution >= 4 is 10.9 Å². The number of nitrogens with one attached hydrogen (secondary N) is 2. The van der Waals surface area contributed by atoms with Crippen molar-refractivity contribution in [1.29, 1.82) is 0 Å². The van der Waals surface area contributed by atoms with Gasteiger partial charge in [-0.25, -0.2) is 0 Å². The molecule has 3 rings (SSSR count). The highest BCUT2D eigenvalue weighted by Crippen LogP contribution is 2.20. The van der Waals surface area contributed by atoms with Gasteiger partial charge < -0.3 is 15.4 Å². The van der Waals surface area contributed by atoms with E-state index in [1.54, 1.807) is 6.07 Å². The first kappa shape index (κ1) is 15.6. The van der Waals surface area contributed by atoms with Crippen LogP contribution in [0.3, 0.4) is 0 Å². The quantitative estimate of drug-likeness (QED) is 0.579. The smallest absolute Gasteiger partial charge is 0.118 e. The maximum atomic E-state index is 9.74. The maximum absolute atomic E-state index is 9.74. The number of hydrogen-bond donors (Lipinski definition) is 3. The van der Waals surface area contributed by atoms with Gasteiger partial charge in [0.05, 0.1) is 0 Å². The van der Waals surface area contributed by atoms with E-state index in [1.807, 2.05) is 18.2 Å². The van der Waals surface area contributed by atoms with Crippen molar-refractivity contribution in [2.75, 3.05) is 13.1 Å². The first-order valence-electron chi connectivity index (χ1n) is 8.28. The summed E-state index contributed by atoms with van der Waals surface area (Å²) in [4.78, 5) is 3.34. The molecule has 120 valence electrons. The molecule has 0 bridgehead atoms. The van der Waals surface area contributed by atoms with Crippen LogP contribution in [0.2, 0.25) is 0 Å². The first-order valence-corrected chi connectivity index (χ1v) is 8.28. The molecule has 0 saturated heterocycles. The van der Waals surface area contributed by atoms with Gasteiger partial charge in [-0.1, -0.05) is 29.8 Å². The van der Waals surface area contributed by atoms with Crippen LogP contribution in [0.1, 0.15) is 23.1 Å². The highest BCUT2D eigenvalue weighted by molar-refractivity contribution is 5.83. The summed E-state index contributed by atoms with van der Waals surface area (Å²) in [6.45, 7) is 4.07. The van der Waals surface area contributed by atoms with Crippen LogP contribution in [0, 0.1) is 6.92 Å². The monoisotopic (exact) mass is 308 g/mol. The Kier molecular flexibility index (Phi) is 4.99. The van der Waals surface area contributed by atoms with Gasteiger partial charge >= 0.3 is 0 Å². The minimum Gasteiger partial charge on any atom is -0.508 e. The zero-order valence-corrected chi connectivity index (χ0v) is 13.6. The van der Waals surface area contributed by atoms with E-state index in [9.17, 15) is 5.11 Å². The number of aromatic amines is 1. The van der Waals surface area contributed by atoms with Crippen LogP contribution in [0.4, 0.5) is 0 Å². The lowest BCUT2D eigenvalue weighted by Gasteiger charge is -2.06.